The summed E-state index contributed by atoms with van der Waals surface area (Å²) in [6.07, 6.45) is 1.54. The van der Waals surface area contributed by atoms with Gasteiger partial charge < -0.3 is 9.32 Å². The predicted octanol–water partition coefficient (Wildman–Crippen LogP) is 2.43. The number of benzene rings is 1. The maximum absolute atomic E-state index is 12.8. The van der Waals surface area contributed by atoms with Crippen molar-refractivity contribution in [1.29, 1.82) is 0 Å². The summed E-state index contributed by atoms with van der Waals surface area (Å²) >= 11 is 0. The van der Waals surface area contributed by atoms with Crippen molar-refractivity contribution >= 4 is 28.5 Å². The molecule has 0 saturated carbocycles. The molecule has 0 unspecified atom stereocenters. The van der Waals surface area contributed by atoms with Crippen molar-refractivity contribution in [3.63, 3.8) is 0 Å². The number of para-hydroxylation sites is 1. The number of fused-ring (bicyclic) bond motifs is 1. The fourth-order valence-electron chi connectivity index (χ4n) is 2.84. The number of hydrogen-bond acceptors (Lipinski definition) is 7. The van der Waals surface area contributed by atoms with Crippen molar-refractivity contribution in [2.75, 3.05) is 19.0 Å². The minimum atomic E-state index is -0.578. The molecule has 0 fully saturated rings. The molecule has 30 heavy (non-hydrogen) atoms. The second-order valence-electron chi connectivity index (χ2n) is 6.63. The highest BCUT2D eigenvalue weighted by atomic mass is 16.3. The Hall–Kier alpha value is -4.27. The third kappa shape index (κ3) is 3.81. The molecule has 0 aliphatic carbocycles. The van der Waals surface area contributed by atoms with Gasteiger partial charge in [0.1, 0.15) is 5.69 Å². The average Bonchev–Trinajstić information content (AvgIpc) is 3.31. The molecule has 1 aromatic carbocycles. The van der Waals surface area contributed by atoms with E-state index in [4.69, 9.17) is 4.42 Å². The van der Waals surface area contributed by atoms with Crippen molar-refractivity contribution in [3.05, 3.63) is 72.1 Å². The van der Waals surface area contributed by atoms with Crippen LogP contribution >= 0.6 is 0 Å². The molecule has 2 amide bonds. The number of nitrogens with zero attached hydrogens (tertiary/aromatic N) is 4. The molecular formula is C21H18N6O3. The van der Waals surface area contributed by atoms with Gasteiger partial charge in [-0.15, -0.1) is 10.2 Å². The number of carbonyl (C=O) groups is 2. The number of aromatic nitrogens is 3. The van der Waals surface area contributed by atoms with Crippen molar-refractivity contribution in [3.8, 4) is 11.5 Å². The fraction of sp³-hybridized carbons (Fsp3) is 0.0952. The Bertz CT molecular complexity index is 1200. The van der Waals surface area contributed by atoms with E-state index in [0.29, 0.717) is 33.7 Å². The number of hydrazine groups is 1. The number of furan rings is 1. The number of hydrogen-bond donors (Lipinski definition) is 2. The Morgan fingerprint density at radius 2 is 1.73 bits per heavy atom. The summed E-state index contributed by atoms with van der Waals surface area (Å²) in [4.78, 5) is 31.5. The van der Waals surface area contributed by atoms with Crippen molar-refractivity contribution < 1.29 is 14.0 Å². The number of carbonyl (C=O) groups excluding carboxylic acids is 2. The zero-order valence-corrected chi connectivity index (χ0v) is 16.3. The number of anilines is 1. The Balaban J connectivity index is 1.56. The molecule has 0 atom stereocenters. The summed E-state index contributed by atoms with van der Waals surface area (Å²) in [6.45, 7) is 0. The summed E-state index contributed by atoms with van der Waals surface area (Å²) < 4.78 is 5.40. The second-order valence-corrected chi connectivity index (χ2v) is 6.63. The SMILES string of the molecule is CN(C)c1ccc(C(=O)NNC(=O)c2cc(-c3ccco3)nc3ccccc23)nn1. The van der Waals surface area contributed by atoms with Gasteiger partial charge >= 0.3 is 0 Å². The van der Waals surface area contributed by atoms with Crippen LogP contribution in [0.4, 0.5) is 5.82 Å². The van der Waals surface area contributed by atoms with Gasteiger partial charge in [0.05, 0.1) is 17.3 Å². The lowest BCUT2D eigenvalue weighted by Crippen LogP contribution is -2.42. The number of rotatable bonds is 4. The zero-order valence-electron chi connectivity index (χ0n) is 16.3. The highest BCUT2D eigenvalue weighted by Gasteiger charge is 2.16. The molecule has 0 aliphatic heterocycles. The minimum absolute atomic E-state index is 0.0803. The Labute approximate surface area is 171 Å². The van der Waals surface area contributed by atoms with E-state index in [1.807, 2.05) is 26.2 Å². The van der Waals surface area contributed by atoms with E-state index in [-0.39, 0.29) is 5.69 Å². The molecule has 0 radical (unpaired) electrons. The molecule has 0 bridgehead atoms. The van der Waals surface area contributed by atoms with E-state index in [1.54, 1.807) is 41.3 Å². The normalized spacial score (nSPS) is 10.6. The molecule has 3 aromatic heterocycles. The second kappa shape index (κ2) is 8.00. The Kier molecular flexibility index (Phi) is 5.08. The van der Waals surface area contributed by atoms with Gasteiger partial charge in [0.25, 0.3) is 11.8 Å². The number of nitrogens with one attached hydrogen (secondary N) is 2. The Morgan fingerprint density at radius 1 is 0.933 bits per heavy atom. The lowest BCUT2D eigenvalue weighted by molar-refractivity contribution is 0.0844. The molecule has 3 heterocycles. The summed E-state index contributed by atoms with van der Waals surface area (Å²) in [5.41, 5.74) is 6.37. The van der Waals surface area contributed by atoms with Gasteiger partial charge in [-0.25, -0.2) is 4.98 Å². The van der Waals surface area contributed by atoms with Crippen LogP contribution in [0.25, 0.3) is 22.4 Å². The third-order valence-electron chi connectivity index (χ3n) is 4.37. The van der Waals surface area contributed by atoms with Crippen LogP contribution in [0, 0.1) is 0 Å². The van der Waals surface area contributed by atoms with E-state index < -0.39 is 11.8 Å². The highest BCUT2D eigenvalue weighted by Crippen LogP contribution is 2.25. The first kappa shape index (κ1) is 19.1. The molecule has 0 saturated heterocycles. The van der Waals surface area contributed by atoms with Gasteiger partial charge in [0, 0.05) is 19.5 Å². The van der Waals surface area contributed by atoms with Gasteiger partial charge in [0.2, 0.25) is 0 Å². The minimum Gasteiger partial charge on any atom is -0.463 e. The van der Waals surface area contributed by atoms with Crippen LogP contribution in [0.15, 0.2) is 65.3 Å². The van der Waals surface area contributed by atoms with Crippen LogP contribution in [-0.4, -0.2) is 41.1 Å². The van der Waals surface area contributed by atoms with E-state index >= 15 is 0 Å². The molecule has 2 N–H and O–H groups in total. The van der Waals surface area contributed by atoms with Gasteiger partial charge in [-0.05, 0) is 36.4 Å². The molecule has 4 aromatic rings. The van der Waals surface area contributed by atoms with Crippen LogP contribution in [-0.2, 0) is 0 Å². The first-order valence-electron chi connectivity index (χ1n) is 9.08. The first-order chi connectivity index (χ1) is 14.5. The molecule has 9 nitrogen and oxygen atoms in total. The van der Waals surface area contributed by atoms with Crippen molar-refractivity contribution in [2.24, 2.45) is 0 Å². The van der Waals surface area contributed by atoms with E-state index in [1.165, 1.54) is 12.3 Å². The van der Waals surface area contributed by atoms with Crippen LogP contribution in [0.1, 0.15) is 20.8 Å². The topological polar surface area (TPSA) is 113 Å². The molecular weight excluding hydrogens is 384 g/mol. The smallest absolute Gasteiger partial charge is 0.290 e. The van der Waals surface area contributed by atoms with Crippen LogP contribution in [0.2, 0.25) is 0 Å². The van der Waals surface area contributed by atoms with Crippen LogP contribution < -0.4 is 15.8 Å². The van der Waals surface area contributed by atoms with Crippen molar-refractivity contribution in [1.82, 2.24) is 26.0 Å². The molecule has 150 valence electrons. The summed E-state index contributed by atoms with van der Waals surface area (Å²) in [7, 11) is 3.64. The number of pyridine rings is 1. The standard InChI is InChI=1S/C21H18N6O3/c1-27(2)19-10-9-16(23-24-19)21(29)26-25-20(28)14-12-17(18-8-5-11-30-18)22-15-7-4-3-6-13(14)15/h3-12H,1-2H3,(H,25,28)(H,26,29). The van der Waals surface area contributed by atoms with E-state index in [2.05, 4.69) is 26.0 Å². The summed E-state index contributed by atoms with van der Waals surface area (Å²) in [5.74, 6) is 0.0813. The van der Waals surface area contributed by atoms with Crippen LogP contribution in [0.3, 0.4) is 0 Å². The van der Waals surface area contributed by atoms with Gasteiger partial charge in [-0.3, -0.25) is 20.4 Å². The van der Waals surface area contributed by atoms with Crippen LogP contribution in [0.5, 0.6) is 0 Å². The van der Waals surface area contributed by atoms with E-state index in [9.17, 15) is 9.59 Å². The largest absolute Gasteiger partial charge is 0.463 e. The van der Waals surface area contributed by atoms with E-state index in [0.717, 1.165) is 0 Å². The molecule has 0 spiro atoms. The highest BCUT2D eigenvalue weighted by molar-refractivity contribution is 6.08. The quantitative estimate of drug-likeness (QED) is 0.504. The van der Waals surface area contributed by atoms with Gasteiger partial charge in [-0.2, -0.15) is 0 Å². The maximum atomic E-state index is 12.8. The molecule has 0 aliphatic rings. The zero-order chi connectivity index (χ0) is 21.1. The monoisotopic (exact) mass is 402 g/mol. The van der Waals surface area contributed by atoms with Gasteiger partial charge in [0.15, 0.2) is 17.3 Å². The van der Waals surface area contributed by atoms with Gasteiger partial charge in [-0.1, -0.05) is 18.2 Å². The maximum Gasteiger partial charge on any atom is 0.290 e. The predicted molar refractivity (Wildman–Crippen MR) is 111 cm³/mol. The number of amides is 2. The first-order valence-corrected chi connectivity index (χ1v) is 9.08. The molecule has 4 rings (SSSR count). The fourth-order valence-corrected chi connectivity index (χ4v) is 2.84. The summed E-state index contributed by atoms with van der Waals surface area (Å²) in [5, 5.41) is 8.47. The lowest BCUT2D eigenvalue weighted by atomic mass is 10.1. The Morgan fingerprint density at radius 3 is 2.43 bits per heavy atom. The summed E-state index contributed by atoms with van der Waals surface area (Å²) in [6, 6.07) is 15.6. The third-order valence-corrected chi connectivity index (χ3v) is 4.37. The molecule has 9 heteroatoms. The lowest BCUT2D eigenvalue weighted by Gasteiger charge is -2.11. The average molecular weight is 402 g/mol. The van der Waals surface area contributed by atoms with Crippen molar-refractivity contribution in [2.45, 2.75) is 0 Å².